The van der Waals surface area contributed by atoms with Crippen molar-refractivity contribution in [3.8, 4) is 11.5 Å². The van der Waals surface area contributed by atoms with Crippen molar-refractivity contribution in [2.45, 2.75) is 42.5 Å². The van der Waals surface area contributed by atoms with Gasteiger partial charge in [0.2, 0.25) is 11.1 Å². The van der Waals surface area contributed by atoms with Gasteiger partial charge in [-0.25, -0.2) is 9.98 Å². The summed E-state index contributed by atoms with van der Waals surface area (Å²) in [5.41, 5.74) is 1.01. The molecule has 3 fully saturated rings. The number of carbonyl (C=O) groups is 1. The average Bonchev–Trinajstić information content (AvgIpc) is 4.17. The van der Waals surface area contributed by atoms with E-state index in [9.17, 15) is 9.59 Å². The fourth-order valence-corrected chi connectivity index (χ4v) is 13.9. The normalized spacial score (nSPS) is 21.2. The molecule has 18 heteroatoms. The third-order valence-corrected chi connectivity index (χ3v) is 17.0. The van der Waals surface area contributed by atoms with Gasteiger partial charge >= 0.3 is 0 Å². The van der Waals surface area contributed by atoms with Crippen LogP contribution in [0.4, 0.5) is 5.95 Å². The lowest BCUT2D eigenvalue weighted by atomic mass is 9.79. The molecule has 0 spiro atoms. The van der Waals surface area contributed by atoms with E-state index in [4.69, 9.17) is 33.2 Å². The van der Waals surface area contributed by atoms with Crippen molar-refractivity contribution in [2.75, 3.05) is 66.1 Å². The van der Waals surface area contributed by atoms with E-state index < -0.39 is 42.7 Å². The molecule has 2 unspecified atom stereocenters. The molecular formula is C48H52N7O8PS2. The summed E-state index contributed by atoms with van der Waals surface area (Å²) < 4.78 is 44.4. The van der Waals surface area contributed by atoms with Gasteiger partial charge < -0.3 is 33.1 Å². The molecule has 3 aliphatic rings. The van der Waals surface area contributed by atoms with Gasteiger partial charge in [0, 0.05) is 44.3 Å². The zero-order valence-corrected chi connectivity index (χ0v) is 39.7. The van der Waals surface area contributed by atoms with Crippen molar-refractivity contribution in [3.05, 3.63) is 148 Å². The summed E-state index contributed by atoms with van der Waals surface area (Å²) in [5, 5.41) is 0.0448. The summed E-state index contributed by atoms with van der Waals surface area (Å²) in [4.78, 5) is 44.5. The zero-order chi connectivity index (χ0) is 45.7. The first-order valence-corrected chi connectivity index (χ1v) is 25.5. The molecule has 9 rings (SSSR count). The summed E-state index contributed by atoms with van der Waals surface area (Å²) >= 11 is 3.05. The number of carbonyl (C=O) groups excluding carboxylic acids is 1. The van der Waals surface area contributed by atoms with Crippen molar-refractivity contribution < 1.29 is 33.0 Å². The largest absolute Gasteiger partial charge is 0.497 e. The number of nitrogens with one attached hydrogen (secondary N) is 1. The predicted octanol–water partition coefficient (Wildman–Crippen LogP) is 8.05. The van der Waals surface area contributed by atoms with Crippen LogP contribution in [0.2, 0.25) is 0 Å². The zero-order valence-electron chi connectivity index (χ0n) is 37.1. The Balaban J connectivity index is 1.10. The molecule has 2 aromatic heterocycles. The SMILES string of the molecule is COc1ccc(C(OC[C@@]23COC([C@H](n4cnc5c(=O)[nH]c(/N=C/N(C)C)nc54)O2)[C@H]3OP(SCCSC(=O)c2ccccc2)N2CCCC2)(c2ccccc2)c2ccc(OC)cc2)cc1. The van der Waals surface area contributed by atoms with Crippen LogP contribution in [-0.2, 0) is 24.3 Å². The second-order valence-electron chi connectivity index (χ2n) is 16.3. The van der Waals surface area contributed by atoms with Gasteiger partial charge in [0.15, 0.2) is 24.9 Å². The van der Waals surface area contributed by atoms with Crippen molar-refractivity contribution in [2.24, 2.45) is 4.99 Å². The Morgan fingerprint density at radius 3 is 2.20 bits per heavy atom. The Morgan fingerprint density at radius 1 is 0.924 bits per heavy atom. The quantitative estimate of drug-likeness (QED) is 0.0274. The average molecular weight is 950 g/mol. The minimum absolute atomic E-state index is 0.0336. The maximum absolute atomic E-state index is 13.4. The molecule has 0 saturated carbocycles. The Labute approximate surface area is 392 Å². The molecule has 0 radical (unpaired) electrons. The maximum atomic E-state index is 13.4. The molecule has 3 saturated heterocycles. The fraction of sp³-hybridized carbons (Fsp3) is 0.354. The number of fused-ring (bicyclic) bond motifs is 3. The van der Waals surface area contributed by atoms with E-state index in [1.165, 1.54) is 11.8 Å². The number of imidazole rings is 1. The van der Waals surface area contributed by atoms with Gasteiger partial charge in [0.05, 0.1) is 40.1 Å². The Bertz CT molecular complexity index is 2620. The van der Waals surface area contributed by atoms with Crippen molar-refractivity contribution >= 4 is 59.2 Å². The third kappa shape index (κ3) is 9.40. The molecular weight excluding hydrogens is 898 g/mol. The van der Waals surface area contributed by atoms with Gasteiger partial charge in [0.25, 0.3) is 5.56 Å². The van der Waals surface area contributed by atoms with Crippen LogP contribution < -0.4 is 15.0 Å². The summed E-state index contributed by atoms with van der Waals surface area (Å²) in [7, 11) is 5.71. The van der Waals surface area contributed by atoms with Crippen molar-refractivity contribution in [1.82, 2.24) is 29.1 Å². The van der Waals surface area contributed by atoms with Gasteiger partial charge in [0.1, 0.15) is 34.9 Å². The number of hydrogen-bond donors (Lipinski definition) is 1. The van der Waals surface area contributed by atoms with Gasteiger partial charge in [-0.3, -0.25) is 23.8 Å². The highest BCUT2D eigenvalue weighted by Crippen LogP contribution is 2.61. The number of nitrogens with zero attached hydrogens (tertiary/aromatic N) is 6. The molecule has 3 aliphatic heterocycles. The first-order chi connectivity index (χ1) is 32.2. The number of aromatic nitrogens is 4. The molecule has 4 aromatic carbocycles. The number of aliphatic imine (C=N–C) groups is 1. The van der Waals surface area contributed by atoms with E-state index in [-0.39, 0.29) is 29.8 Å². The van der Waals surface area contributed by atoms with Crippen LogP contribution in [0.3, 0.4) is 0 Å². The van der Waals surface area contributed by atoms with Crippen LogP contribution in [0, 0.1) is 0 Å². The van der Waals surface area contributed by atoms with Gasteiger partial charge in [-0.05, 0) is 53.8 Å². The molecule has 0 aliphatic carbocycles. The minimum atomic E-state index is -1.25. The summed E-state index contributed by atoms with van der Waals surface area (Å²) in [6.07, 6.45) is 3.18. The number of aromatic amines is 1. The van der Waals surface area contributed by atoms with Gasteiger partial charge in [-0.15, -0.1) is 0 Å². The standard InChI is InChI=1S/C48H52N7O8PS2/c1-53(2)31-50-46-51-42-39(43(56)52-46)49-32-55(42)44-40-41(63-64(54-25-11-12-26-54)66-28-27-65-45(57)33-13-7-5-8-14-33)47(62-44,29-60-40)30-61-48(34-15-9-6-10-16-34,35-17-21-37(58-3)22-18-35)36-19-23-38(59-4)24-20-36/h5-10,13-24,31-32,40-41,44H,11-12,25-30H2,1-4H3,(H,51,52,56)/b50-31+/t40?,41-,44-,47-,64?/m1/s1. The Kier molecular flexibility index (Phi) is 14.2. The lowest BCUT2D eigenvalue weighted by molar-refractivity contribution is -0.201. The summed E-state index contributed by atoms with van der Waals surface area (Å²) in [6.45, 7) is 1.99. The third-order valence-electron chi connectivity index (χ3n) is 11.8. The fourth-order valence-electron chi connectivity index (χ4n) is 8.56. The number of benzene rings is 4. The highest BCUT2D eigenvalue weighted by atomic mass is 32.7. The summed E-state index contributed by atoms with van der Waals surface area (Å²) in [6, 6.07) is 35.3. The predicted molar refractivity (Wildman–Crippen MR) is 259 cm³/mol. The van der Waals surface area contributed by atoms with Crippen molar-refractivity contribution in [3.63, 3.8) is 0 Å². The van der Waals surface area contributed by atoms with Crippen LogP contribution in [0.15, 0.2) is 125 Å². The first-order valence-electron chi connectivity index (χ1n) is 21.7. The molecule has 344 valence electrons. The molecule has 5 heterocycles. The van der Waals surface area contributed by atoms with E-state index in [0.717, 1.165) is 42.6 Å². The first kappa shape index (κ1) is 46.0. The minimum Gasteiger partial charge on any atom is -0.497 e. The van der Waals surface area contributed by atoms with Crippen LogP contribution in [-0.4, -0.2) is 124 Å². The van der Waals surface area contributed by atoms with E-state index in [1.54, 1.807) is 47.7 Å². The molecule has 15 nitrogen and oxygen atoms in total. The Morgan fingerprint density at radius 2 is 1.56 bits per heavy atom. The number of thioether (sulfide) groups is 1. The highest BCUT2D eigenvalue weighted by molar-refractivity contribution is 8.53. The molecule has 66 heavy (non-hydrogen) atoms. The van der Waals surface area contributed by atoms with Crippen LogP contribution in [0.5, 0.6) is 11.5 Å². The molecule has 2 bridgehead atoms. The number of H-pyrrole nitrogens is 1. The lowest BCUT2D eigenvalue weighted by Crippen LogP contribution is -2.49. The van der Waals surface area contributed by atoms with Crippen molar-refractivity contribution in [1.29, 1.82) is 0 Å². The van der Waals surface area contributed by atoms with E-state index in [0.29, 0.717) is 34.2 Å². The number of methoxy groups -OCH3 is 2. The molecule has 5 atom stereocenters. The monoisotopic (exact) mass is 949 g/mol. The lowest BCUT2D eigenvalue weighted by Gasteiger charge is -2.40. The van der Waals surface area contributed by atoms with Gasteiger partial charge in [-0.2, -0.15) is 4.98 Å². The maximum Gasteiger partial charge on any atom is 0.280 e. The van der Waals surface area contributed by atoms with Gasteiger partial charge in [-0.1, -0.05) is 108 Å². The van der Waals surface area contributed by atoms with E-state index in [2.05, 4.69) is 31.8 Å². The second kappa shape index (κ2) is 20.4. The molecule has 0 amide bonds. The number of ether oxygens (including phenoxy) is 5. The number of hydrogen-bond acceptors (Lipinski definition) is 14. The topological polar surface area (TPSA) is 155 Å². The second-order valence-corrected chi connectivity index (χ2v) is 21.0. The summed E-state index contributed by atoms with van der Waals surface area (Å²) in [5.74, 6) is 2.86. The number of rotatable bonds is 19. The highest BCUT2D eigenvalue weighted by Gasteiger charge is 2.65. The van der Waals surface area contributed by atoms with Crippen LogP contribution >= 0.6 is 30.6 Å². The molecule has 6 aromatic rings. The van der Waals surface area contributed by atoms with E-state index in [1.807, 2.05) is 111 Å². The van der Waals surface area contributed by atoms with Crippen LogP contribution in [0.25, 0.3) is 11.2 Å². The van der Waals surface area contributed by atoms with E-state index >= 15 is 0 Å². The smallest absolute Gasteiger partial charge is 0.280 e. The molecule has 1 N–H and O–H groups in total. The van der Waals surface area contributed by atoms with Crippen LogP contribution in [0.1, 0.15) is 46.1 Å². The Hall–Kier alpha value is -5.10.